The van der Waals surface area contributed by atoms with Crippen molar-refractivity contribution in [3.8, 4) is 0 Å². The van der Waals surface area contributed by atoms with E-state index in [0.717, 1.165) is 12.8 Å². The SMILES string of the molecule is CCc1c(CC)n(CCCCCN2CCCCC2)c2ccccc12. The number of likely N-dealkylation sites (tertiary alicyclic amines) is 1. The molecule has 1 aliphatic rings. The van der Waals surface area contributed by atoms with Crippen molar-refractivity contribution in [1.82, 2.24) is 9.47 Å². The Morgan fingerprint density at radius 3 is 2.33 bits per heavy atom. The van der Waals surface area contributed by atoms with Crippen LogP contribution in [0.1, 0.15) is 63.6 Å². The molecule has 1 aromatic heterocycles. The summed E-state index contributed by atoms with van der Waals surface area (Å²) in [6, 6.07) is 8.99. The Balaban J connectivity index is 1.58. The van der Waals surface area contributed by atoms with Crippen molar-refractivity contribution in [2.75, 3.05) is 19.6 Å². The maximum absolute atomic E-state index is 2.67. The highest BCUT2D eigenvalue weighted by Crippen LogP contribution is 2.27. The second-order valence-corrected chi connectivity index (χ2v) is 7.26. The molecule has 0 N–H and O–H groups in total. The molecule has 0 spiro atoms. The molecular formula is C22H34N2. The van der Waals surface area contributed by atoms with E-state index in [1.165, 1.54) is 75.6 Å². The molecule has 1 aliphatic heterocycles. The van der Waals surface area contributed by atoms with Gasteiger partial charge in [0, 0.05) is 23.1 Å². The minimum atomic E-state index is 1.14. The minimum Gasteiger partial charge on any atom is -0.344 e. The Labute approximate surface area is 147 Å². The molecule has 0 bridgehead atoms. The Morgan fingerprint density at radius 1 is 0.833 bits per heavy atom. The van der Waals surface area contributed by atoms with Crippen molar-refractivity contribution in [3.63, 3.8) is 0 Å². The zero-order valence-electron chi connectivity index (χ0n) is 15.7. The van der Waals surface area contributed by atoms with Gasteiger partial charge < -0.3 is 9.47 Å². The smallest absolute Gasteiger partial charge is 0.0485 e. The standard InChI is InChI=1S/C22H34N2/c1-3-19-20-13-7-8-14-22(20)24(21(19)4-2)18-12-6-11-17-23-15-9-5-10-16-23/h7-8,13-14H,3-6,9-12,15-18H2,1-2H3. The zero-order chi connectivity index (χ0) is 16.8. The lowest BCUT2D eigenvalue weighted by atomic mass is 10.1. The van der Waals surface area contributed by atoms with Crippen LogP contribution >= 0.6 is 0 Å². The predicted molar refractivity (Wildman–Crippen MR) is 105 cm³/mol. The van der Waals surface area contributed by atoms with Crippen molar-refractivity contribution < 1.29 is 0 Å². The normalized spacial score (nSPS) is 16.1. The van der Waals surface area contributed by atoms with Crippen molar-refractivity contribution in [3.05, 3.63) is 35.5 Å². The van der Waals surface area contributed by atoms with Gasteiger partial charge in [0.2, 0.25) is 0 Å². The molecule has 3 rings (SSSR count). The molecule has 132 valence electrons. The Kier molecular flexibility index (Phi) is 6.37. The number of unbranched alkanes of at least 4 members (excludes halogenated alkanes) is 2. The van der Waals surface area contributed by atoms with Crippen molar-refractivity contribution in [2.45, 2.75) is 71.8 Å². The topological polar surface area (TPSA) is 8.17 Å². The predicted octanol–water partition coefficient (Wildman–Crippen LogP) is 5.42. The summed E-state index contributed by atoms with van der Waals surface area (Å²) in [6.45, 7) is 9.77. The Morgan fingerprint density at radius 2 is 1.58 bits per heavy atom. The summed E-state index contributed by atoms with van der Waals surface area (Å²) in [5.74, 6) is 0. The lowest BCUT2D eigenvalue weighted by molar-refractivity contribution is 0.224. The molecule has 2 heterocycles. The molecule has 1 fully saturated rings. The van der Waals surface area contributed by atoms with Crippen LogP contribution in [0.25, 0.3) is 10.9 Å². The van der Waals surface area contributed by atoms with E-state index in [1.807, 2.05) is 0 Å². The summed E-state index contributed by atoms with van der Waals surface area (Å²) in [5.41, 5.74) is 4.58. The third kappa shape index (κ3) is 3.85. The summed E-state index contributed by atoms with van der Waals surface area (Å²) < 4.78 is 2.61. The third-order valence-electron chi connectivity index (χ3n) is 5.69. The molecule has 0 radical (unpaired) electrons. The lowest BCUT2D eigenvalue weighted by Crippen LogP contribution is -2.30. The van der Waals surface area contributed by atoms with Crippen LogP contribution in [-0.2, 0) is 19.4 Å². The fourth-order valence-electron chi connectivity index (χ4n) is 4.45. The van der Waals surface area contributed by atoms with Crippen LogP contribution < -0.4 is 0 Å². The van der Waals surface area contributed by atoms with Crippen LogP contribution in [-0.4, -0.2) is 29.1 Å². The van der Waals surface area contributed by atoms with Crippen LogP contribution in [0.4, 0.5) is 0 Å². The maximum atomic E-state index is 2.67. The number of benzene rings is 1. The van der Waals surface area contributed by atoms with E-state index in [2.05, 4.69) is 47.6 Å². The van der Waals surface area contributed by atoms with Gasteiger partial charge in [-0.25, -0.2) is 0 Å². The summed E-state index contributed by atoms with van der Waals surface area (Å²) >= 11 is 0. The average molecular weight is 327 g/mol. The zero-order valence-corrected chi connectivity index (χ0v) is 15.7. The molecule has 2 aromatic rings. The summed E-state index contributed by atoms with van der Waals surface area (Å²) in [7, 11) is 0. The molecule has 2 heteroatoms. The van der Waals surface area contributed by atoms with Gasteiger partial charge in [-0.1, -0.05) is 44.9 Å². The lowest BCUT2D eigenvalue weighted by Gasteiger charge is -2.26. The largest absolute Gasteiger partial charge is 0.344 e. The maximum Gasteiger partial charge on any atom is 0.0485 e. The first-order valence-electron chi connectivity index (χ1n) is 10.2. The Bertz CT molecular complexity index is 635. The first-order valence-corrected chi connectivity index (χ1v) is 10.2. The van der Waals surface area contributed by atoms with E-state index in [9.17, 15) is 0 Å². The van der Waals surface area contributed by atoms with E-state index in [1.54, 1.807) is 11.3 Å². The quantitative estimate of drug-likeness (QED) is 0.588. The number of rotatable bonds is 8. The van der Waals surface area contributed by atoms with Crippen molar-refractivity contribution >= 4 is 10.9 Å². The third-order valence-corrected chi connectivity index (χ3v) is 5.69. The van der Waals surface area contributed by atoms with E-state index >= 15 is 0 Å². The number of aryl methyl sites for hydroxylation is 2. The minimum absolute atomic E-state index is 1.14. The molecule has 0 amide bonds. The fourth-order valence-corrected chi connectivity index (χ4v) is 4.45. The second kappa shape index (κ2) is 8.71. The fraction of sp³-hybridized carbons (Fsp3) is 0.636. The summed E-state index contributed by atoms with van der Waals surface area (Å²) in [6.07, 6.45) is 10.6. The van der Waals surface area contributed by atoms with E-state index < -0.39 is 0 Å². The van der Waals surface area contributed by atoms with Gasteiger partial charge in [0.1, 0.15) is 0 Å². The van der Waals surface area contributed by atoms with Gasteiger partial charge in [-0.05, 0) is 69.8 Å². The first-order chi connectivity index (χ1) is 11.8. The monoisotopic (exact) mass is 326 g/mol. The Hall–Kier alpha value is -1.28. The molecule has 0 saturated carbocycles. The van der Waals surface area contributed by atoms with Gasteiger partial charge in [-0.2, -0.15) is 0 Å². The summed E-state index contributed by atoms with van der Waals surface area (Å²) in [4.78, 5) is 2.67. The van der Waals surface area contributed by atoms with E-state index in [-0.39, 0.29) is 0 Å². The van der Waals surface area contributed by atoms with E-state index in [0.29, 0.717) is 0 Å². The molecule has 1 aromatic carbocycles. The molecule has 24 heavy (non-hydrogen) atoms. The number of nitrogens with zero attached hydrogens (tertiary/aromatic N) is 2. The van der Waals surface area contributed by atoms with Gasteiger partial charge in [0.25, 0.3) is 0 Å². The number of aromatic nitrogens is 1. The van der Waals surface area contributed by atoms with Crippen molar-refractivity contribution in [2.24, 2.45) is 0 Å². The van der Waals surface area contributed by atoms with Crippen LogP contribution in [0.5, 0.6) is 0 Å². The van der Waals surface area contributed by atoms with Crippen LogP contribution in [0.15, 0.2) is 24.3 Å². The molecule has 0 atom stereocenters. The molecule has 0 unspecified atom stereocenters. The number of para-hydroxylation sites is 1. The van der Waals surface area contributed by atoms with Gasteiger partial charge in [-0.3, -0.25) is 0 Å². The highest BCUT2D eigenvalue weighted by molar-refractivity contribution is 5.85. The van der Waals surface area contributed by atoms with Crippen molar-refractivity contribution in [1.29, 1.82) is 0 Å². The van der Waals surface area contributed by atoms with Gasteiger partial charge >= 0.3 is 0 Å². The van der Waals surface area contributed by atoms with Gasteiger partial charge in [0.05, 0.1) is 0 Å². The average Bonchev–Trinajstić information content (AvgIpc) is 2.95. The van der Waals surface area contributed by atoms with E-state index in [4.69, 9.17) is 0 Å². The first kappa shape index (κ1) is 17.5. The van der Waals surface area contributed by atoms with Crippen LogP contribution in [0.2, 0.25) is 0 Å². The highest BCUT2D eigenvalue weighted by Gasteiger charge is 2.14. The number of piperidine rings is 1. The molecule has 2 nitrogen and oxygen atoms in total. The number of fused-ring (bicyclic) bond motifs is 1. The second-order valence-electron chi connectivity index (χ2n) is 7.26. The molecular weight excluding hydrogens is 292 g/mol. The summed E-state index contributed by atoms with van der Waals surface area (Å²) in [5, 5.41) is 1.48. The molecule has 1 saturated heterocycles. The highest BCUT2D eigenvalue weighted by atomic mass is 15.1. The van der Waals surface area contributed by atoms with Crippen LogP contribution in [0.3, 0.4) is 0 Å². The van der Waals surface area contributed by atoms with Gasteiger partial charge in [-0.15, -0.1) is 0 Å². The number of hydrogen-bond acceptors (Lipinski definition) is 1. The van der Waals surface area contributed by atoms with Crippen LogP contribution in [0, 0.1) is 0 Å². The van der Waals surface area contributed by atoms with Gasteiger partial charge in [0.15, 0.2) is 0 Å². The molecule has 0 aliphatic carbocycles. The number of hydrogen-bond donors (Lipinski definition) is 0.